The van der Waals surface area contributed by atoms with E-state index in [1.807, 2.05) is 26.0 Å². The van der Waals surface area contributed by atoms with Crippen molar-refractivity contribution in [2.45, 2.75) is 13.8 Å². The average Bonchev–Trinajstić information content (AvgIpc) is 3.25. The van der Waals surface area contributed by atoms with Gasteiger partial charge in [0, 0.05) is 60.8 Å². The molecule has 4 heterocycles. The largest absolute Gasteiger partial charge is 0.395 e. The fraction of sp³-hybridized carbons (Fsp3) is 0.364. The summed E-state index contributed by atoms with van der Waals surface area (Å²) in [7, 11) is 0. The van der Waals surface area contributed by atoms with Crippen LogP contribution >= 0.6 is 27.3 Å². The van der Waals surface area contributed by atoms with Crippen molar-refractivity contribution in [3.8, 4) is 0 Å². The Bertz CT molecular complexity index is 1110. The third kappa shape index (κ3) is 5.85. The molecule has 3 N–H and O–H groups in total. The Morgan fingerprint density at radius 3 is 2.73 bits per heavy atom. The molecule has 0 saturated carbocycles. The van der Waals surface area contributed by atoms with Crippen molar-refractivity contribution in [2.75, 3.05) is 54.9 Å². The van der Waals surface area contributed by atoms with Crippen molar-refractivity contribution in [3.63, 3.8) is 0 Å². The zero-order chi connectivity index (χ0) is 23.4. The SMILES string of the molecule is Cc1cc(Nc2ncc(C(=O)Nc3c(Br)ccnc3C)s2)cc(N2CCN(CCO)CC2)n1. The third-order valence-electron chi connectivity index (χ3n) is 5.36. The van der Waals surface area contributed by atoms with Gasteiger partial charge in [0.05, 0.1) is 24.2 Å². The van der Waals surface area contributed by atoms with Crippen molar-refractivity contribution in [2.24, 2.45) is 0 Å². The van der Waals surface area contributed by atoms with E-state index in [-0.39, 0.29) is 12.5 Å². The molecule has 1 aliphatic rings. The number of aliphatic hydroxyl groups is 1. The number of halogens is 1. The average molecular weight is 532 g/mol. The van der Waals surface area contributed by atoms with Crippen LogP contribution in [0.2, 0.25) is 0 Å². The molecule has 1 saturated heterocycles. The zero-order valence-electron chi connectivity index (χ0n) is 18.5. The van der Waals surface area contributed by atoms with Crippen LogP contribution in [0.1, 0.15) is 21.1 Å². The van der Waals surface area contributed by atoms with E-state index in [1.165, 1.54) is 11.3 Å². The van der Waals surface area contributed by atoms with Crippen molar-refractivity contribution < 1.29 is 9.90 Å². The number of hydrogen-bond acceptors (Lipinski definition) is 9. The number of thiazole rings is 1. The van der Waals surface area contributed by atoms with Gasteiger partial charge in [-0.3, -0.25) is 14.7 Å². The van der Waals surface area contributed by atoms with Gasteiger partial charge in [-0.15, -0.1) is 0 Å². The van der Waals surface area contributed by atoms with Gasteiger partial charge in [-0.2, -0.15) is 0 Å². The minimum Gasteiger partial charge on any atom is -0.395 e. The fourth-order valence-electron chi connectivity index (χ4n) is 3.65. The fourth-order valence-corrected chi connectivity index (χ4v) is 4.88. The first kappa shape index (κ1) is 23.6. The lowest BCUT2D eigenvalue weighted by Crippen LogP contribution is -2.47. The summed E-state index contributed by atoms with van der Waals surface area (Å²) in [5.74, 6) is 0.678. The molecule has 174 valence electrons. The predicted molar refractivity (Wildman–Crippen MR) is 135 cm³/mol. The topological polar surface area (TPSA) is 107 Å². The Morgan fingerprint density at radius 2 is 2.00 bits per heavy atom. The molecular formula is C22H26BrN7O2S. The number of anilines is 4. The van der Waals surface area contributed by atoms with Crippen molar-refractivity contribution in [3.05, 3.63) is 51.3 Å². The molecule has 0 aliphatic carbocycles. The summed E-state index contributed by atoms with van der Waals surface area (Å²) in [5.41, 5.74) is 3.16. The van der Waals surface area contributed by atoms with Crippen molar-refractivity contribution >= 4 is 55.5 Å². The number of aliphatic hydroxyl groups excluding tert-OH is 1. The van der Waals surface area contributed by atoms with Crippen LogP contribution in [0.3, 0.4) is 0 Å². The van der Waals surface area contributed by atoms with Gasteiger partial charge in [-0.25, -0.2) is 9.97 Å². The maximum atomic E-state index is 12.7. The summed E-state index contributed by atoms with van der Waals surface area (Å²) < 4.78 is 0.781. The maximum absolute atomic E-state index is 12.7. The Hall–Kier alpha value is -2.60. The number of hydrogen-bond donors (Lipinski definition) is 3. The van der Waals surface area contributed by atoms with Crippen molar-refractivity contribution in [1.29, 1.82) is 0 Å². The van der Waals surface area contributed by atoms with Gasteiger partial charge >= 0.3 is 0 Å². The van der Waals surface area contributed by atoms with E-state index in [0.29, 0.717) is 22.2 Å². The number of piperazine rings is 1. The number of carbonyl (C=O) groups is 1. The number of aryl methyl sites for hydroxylation is 2. The molecule has 0 unspecified atom stereocenters. The quantitative estimate of drug-likeness (QED) is 0.425. The summed E-state index contributed by atoms with van der Waals surface area (Å²) in [5, 5.41) is 16.0. The van der Waals surface area contributed by atoms with Gasteiger partial charge in [0.25, 0.3) is 5.91 Å². The summed E-state index contributed by atoms with van der Waals surface area (Å²) >= 11 is 4.74. The third-order valence-corrected chi connectivity index (χ3v) is 6.93. The lowest BCUT2D eigenvalue weighted by molar-refractivity contribution is 0.103. The molecule has 1 amide bonds. The molecular weight excluding hydrogens is 506 g/mol. The molecule has 1 aliphatic heterocycles. The second-order valence-electron chi connectivity index (χ2n) is 7.77. The van der Waals surface area contributed by atoms with E-state index in [9.17, 15) is 4.79 Å². The Balaban J connectivity index is 1.43. The number of rotatable bonds is 7. The normalized spacial score (nSPS) is 14.4. The molecule has 3 aromatic rings. The van der Waals surface area contributed by atoms with E-state index in [4.69, 9.17) is 10.1 Å². The first-order chi connectivity index (χ1) is 15.9. The first-order valence-electron chi connectivity index (χ1n) is 10.6. The summed E-state index contributed by atoms with van der Waals surface area (Å²) in [6.45, 7) is 8.22. The monoisotopic (exact) mass is 531 g/mol. The summed E-state index contributed by atoms with van der Waals surface area (Å²) in [4.78, 5) is 31.0. The van der Waals surface area contributed by atoms with Crippen LogP contribution in [0.5, 0.6) is 0 Å². The molecule has 9 nitrogen and oxygen atoms in total. The number of amides is 1. The van der Waals surface area contributed by atoms with E-state index in [2.05, 4.69) is 46.3 Å². The number of β-amino-alcohol motifs (C(OH)–C–C–N with tert-alkyl or cyclic N) is 1. The second kappa shape index (κ2) is 10.6. The molecule has 1 fully saturated rings. The molecule has 3 aromatic heterocycles. The number of pyridine rings is 2. The van der Waals surface area contributed by atoms with Gasteiger partial charge in [0.15, 0.2) is 5.13 Å². The van der Waals surface area contributed by atoms with Crippen LogP contribution in [0, 0.1) is 13.8 Å². The van der Waals surface area contributed by atoms with Gasteiger partial charge in [0.1, 0.15) is 10.7 Å². The highest BCUT2D eigenvalue weighted by atomic mass is 79.9. The summed E-state index contributed by atoms with van der Waals surface area (Å²) in [6, 6.07) is 5.76. The lowest BCUT2D eigenvalue weighted by Gasteiger charge is -2.35. The molecule has 4 rings (SSSR count). The number of carbonyl (C=O) groups excluding carboxylic acids is 1. The van der Waals surface area contributed by atoms with E-state index >= 15 is 0 Å². The van der Waals surface area contributed by atoms with Crippen LogP contribution in [-0.4, -0.2) is 70.2 Å². The lowest BCUT2D eigenvalue weighted by atomic mass is 10.2. The van der Waals surface area contributed by atoms with Crippen LogP contribution in [0.4, 0.5) is 22.3 Å². The van der Waals surface area contributed by atoms with E-state index < -0.39 is 0 Å². The highest BCUT2D eigenvalue weighted by Gasteiger charge is 2.19. The van der Waals surface area contributed by atoms with Crippen LogP contribution in [0.15, 0.2) is 35.1 Å². The highest BCUT2D eigenvalue weighted by Crippen LogP contribution is 2.28. The summed E-state index contributed by atoms with van der Waals surface area (Å²) in [6.07, 6.45) is 3.25. The smallest absolute Gasteiger partial charge is 0.267 e. The molecule has 0 aromatic carbocycles. The Morgan fingerprint density at radius 1 is 1.21 bits per heavy atom. The Labute approximate surface area is 205 Å². The molecule has 0 bridgehead atoms. The molecule has 0 spiro atoms. The van der Waals surface area contributed by atoms with Crippen LogP contribution in [0.25, 0.3) is 0 Å². The van der Waals surface area contributed by atoms with Gasteiger partial charge in [-0.1, -0.05) is 11.3 Å². The number of nitrogens with zero attached hydrogens (tertiary/aromatic N) is 5. The van der Waals surface area contributed by atoms with E-state index in [0.717, 1.165) is 53.5 Å². The first-order valence-corrected chi connectivity index (χ1v) is 12.3. The standard InChI is InChI=1S/C22H26BrN7O2S/c1-14-11-16(12-19(26-14)30-7-5-29(6-8-30)9-10-31)27-22-25-13-18(33-22)21(32)28-20-15(2)24-4-3-17(20)23/h3-4,11-13,31H,5-10H2,1-2H3,(H,28,32)(H,25,26,27). The predicted octanol–water partition coefficient (Wildman–Crippen LogP) is 3.42. The van der Waals surface area contributed by atoms with Crippen LogP contribution < -0.4 is 15.5 Å². The maximum Gasteiger partial charge on any atom is 0.267 e. The number of nitrogens with one attached hydrogen (secondary N) is 2. The van der Waals surface area contributed by atoms with Gasteiger partial charge in [0.2, 0.25) is 0 Å². The van der Waals surface area contributed by atoms with Gasteiger partial charge in [-0.05, 0) is 41.9 Å². The minimum atomic E-state index is -0.232. The molecule has 33 heavy (non-hydrogen) atoms. The van der Waals surface area contributed by atoms with Crippen molar-refractivity contribution in [1.82, 2.24) is 19.9 Å². The molecule has 0 radical (unpaired) electrons. The minimum absolute atomic E-state index is 0.184. The zero-order valence-corrected chi connectivity index (χ0v) is 20.9. The van der Waals surface area contributed by atoms with Gasteiger partial charge < -0.3 is 20.6 Å². The molecule has 11 heteroatoms. The molecule has 0 atom stereocenters. The number of aromatic nitrogens is 3. The Kier molecular flexibility index (Phi) is 7.53. The second-order valence-corrected chi connectivity index (χ2v) is 9.65. The highest BCUT2D eigenvalue weighted by molar-refractivity contribution is 9.10. The van der Waals surface area contributed by atoms with Crippen LogP contribution in [-0.2, 0) is 0 Å². The van der Waals surface area contributed by atoms with E-state index in [1.54, 1.807) is 18.5 Å².